The predicted octanol–water partition coefficient (Wildman–Crippen LogP) is 1.27. The number of fused-ring (bicyclic) bond motifs is 5. The Kier molecular flexibility index (Phi) is 7.63. The van der Waals surface area contributed by atoms with Gasteiger partial charge in [0.25, 0.3) is 5.56 Å². The number of ether oxygens (including phenoxy) is 1. The van der Waals surface area contributed by atoms with Crippen LogP contribution in [0, 0.1) is 12.7 Å². The van der Waals surface area contributed by atoms with Crippen molar-refractivity contribution in [2.45, 2.75) is 65.4 Å². The molecule has 0 saturated carbocycles. The largest absolute Gasteiger partial charge is 0.458 e. The second-order valence-electron chi connectivity index (χ2n) is 9.15. The lowest BCUT2D eigenvalue weighted by atomic mass is 9.85. The first-order valence-electron chi connectivity index (χ1n) is 12.6. The number of aromatic nitrogens is 2. The van der Waals surface area contributed by atoms with Gasteiger partial charge in [-0.05, 0) is 48.9 Å². The van der Waals surface area contributed by atoms with E-state index < -0.39 is 24.1 Å². The standard InChI is InChI=1S/C22H17FN2O4.C3H8N2O2.C2H6/c1-9-10-3-2-4-11-13-7-25-17(19(13)24-16(18(10)11)6-15(9)23)5-12-14(21(25)27)8-29-22(28)20(12)26;4-1-2(6)3(5)7;1-2/h5-6,20,26H,2-4,7-8H2,1H3;2,6H,1,4H2,(H2,5,7);1-2H3. The number of halogens is 1. The maximum atomic E-state index is 14.5. The molecule has 202 valence electrons. The zero-order chi connectivity index (χ0) is 27.9. The molecule has 0 radical (unpaired) electrons. The van der Waals surface area contributed by atoms with Gasteiger partial charge in [-0.25, -0.2) is 14.2 Å². The molecule has 1 amide bonds. The molecule has 1 aliphatic carbocycles. The third-order valence-electron chi connectivity index (χ3n) is 7.09. The number of nitrogens with zero attached hydrogens (tertiary/aromatic N) is 2. The summed E-state index contributed by atoms with van der Waals surface area (Å²) in [7, 11) is 0. The minimum Gasteiger partial charge on any atom is -0.458 e. The fourth-order valence-electron chi connectivity index (χ4n) is 5.18. The summed E-state index contributed by atoms with van der Waals surface area (Å²) in [5.74, 6) is -1.81. The van der Waals surface area contributed by atoms with Crippen molar-refractivity contribution in [3.05, 3.63) is 61.7 Å². The average Bonchev–Trinajstić information content (AvgIpc) is 3.29. The molecule has 11 heteroatoms. The van der Waals surface area contributed by atoms with E-state index in [0.717, 1.165) is 41.3 Å². The van der Waals surface area contributed by atoms with Crippen LogP contribution < -0.4 is 17.0 Å². The number of carbonyl (C=O) groups excluding carboxylic acids is 2. The van der Waals surface area contributed by atoms with Gasteiger partial charge in [-0.3, -0.25) is 9.59 Å². The third-order valence-corrected chi connectivity index (χ3v) is 7.09. The quantitative estimate of drug-likeness (QED) is 0.283. The molecule has 3 aliphatic rings. The summed E-state index contributed by atoms with van der Waals surface area (Å²) in [6.45, 7) is 5.94. The second kappa shape index (κ2) is 10.6. The SMILES string of the molecule is CC.Cc1c(F)cc2nc3c(c4c2c1CCC4)Cn1c-3cc2c(c1=O)COC(=O)C2O.NCC(O)C(N)=O. The Balaban J connectivity index is 0.000000328. The summed E-state index contributed by atoms with van der Waals surface area (Å²) >= 11 is 0. The van der Waals surface area contributed by atoms with E-state index in [2.05, 4.69) is 5.73 Å². The van der Waals surface area contributed by atoms with Crippen molar-refractivity contribution in [1.82, 2.24) is 9.55 Å². The Hall–Kier alpha value is -3.67. The summed E-state index contributed by atoms with van der Waals surface area (Å²) in [5.41, 5.74) is 15.3. The molecule has 3 aromatic rings. The van der Waals surface area contributed by atoms with Crippen LogP contribution in [0.25, 0.3) is 22.3 Å². The Morgan fingerprint density at radius 2 is 1.89 bits per heavy atom. The number of esters is 1. The average molecular weight is 527 g/mol. The van der Waals surface area contributed by atoms with Gasteiger partial charge < -0.3 is 31.0 Å². The number of aliphatic hydroxyl groups excluding tert-OH is 2. The molecule has 1 aromatic carbocycles. The highest BCUT2D eigenvalue weighted by molar-refractivity contribution is 5.92. The van der Waals surface area contributed by atoms with E-state index in [1.54, 1.807) is 17.6 Å². The Morgan fingerprint density at radius 1 is 1.21 bits per heavy atom. The normalized spacial score (nSPS) is 17.1. The van der Waals surface area contributed by atoms with Crippen molar-refractivity contribution in [1.29, 1.82) is 0 Å². The molecule has 2 aromatic heterocycles. The molecule has 2 unspecified atom stereocenters. The van der Waals surface area contributed by atoms with Crippen LogP contribution in [0.1, 0.15) is 59.8 Å². The fourth-order valence-corrected chi connectivity index (χ4v) is 5.18. The van der Waals surface area contributed by atoms with E-state index in [1.165, 1.54) is 6.07 Å². The first kappa shape index (κ1) is 27.4. The summed E-state index contributed by atoms with van der Waals surface area (Å²) < 4.78 is 21.1. The van der Waals surface area contributed by atoms with E-state index >= 15 is 0 Å². The van der Waals surface area contributed by atoms with Gasteiger partial charge >= 0.3 is 5.97 Å². The van der Waals surface area contributed by atoms with Crippen LogP contribution in [-0.4, -0.2) is 44.3 Å². The minimum atomic E-state index is -1.48. The van der Waals surface area contributed by atoms with Crippen molar-refractivity contribution in [3.8, 4) is 11.4 Å². The second-order valence-corrected chi connectivity index (χ2v) is 9.15. The van der Waals surface area contributed by atoms with Crippen LogP contribution in [0.4, 0.5) is 4.39 Å². The maximum absolute atomic E-state index is 14.5. The van der Waals surface area contributed by atoms with Gasteiger partial charge in [0.05, 0.1) is 29.0 Å². The fraction of sp³-hybridized carbons (Fsp3) is 0.407. The number of aryl methyl sites for hydroxylation is 2. The highest BCUT2D eigenvalue weighted by Crippen LogP contribution is 2.41. The van der Waals surface area contributed by atoms with Crippen LogP contribution in [0.3, 0.4) is 0 Å². The number of primary amides is 1. The summed E-state index contributed by atoms with van der Waals surface area (Å²) in [4.78, 5) is 39.4. The smallest absolute Gasteiger partial charge is 0.340 e. The number of carbonyl (C=O) groups is 2. The van der Waals surface area contributed by atoms with Crippen molar-refractivity contribution in [2.24, 2.45) is 11.5 Å². The molecule has 38 heavy (non-hydrogen) atoms. The minimum absolute atomic E-state index is 0.102. The van der Waals surface area contributed by atoms with Gasteiger partial charge in [-0.15, -0.1) is 0 Å². The molecule has 0 saturated heterocycles. The summed E-state index contributed by atoms with van der Waals surface area (Å²) in [5, 5.41) is 19.6. The van der Waals surface area contributed by atoms with Crippen LogP contribution in [-0.2, 0) is 40.3 Å². The molecular weight excluding hydrogens is 495 g/mol. The zero-order valence-corrected chi connectivity index (χ0v) is 21.5. The third kappa shape index (κ3) is 4.36. The lowest BCUT2D eigenvalue weighted by molar-refractivity contribution is -0.157. The molecule has 2 aliphatic heterocycles. The van der Waals surface area contributed by atoms with Gasteiger partial charge in [0.15, 0.2) is 6.10 Å². The van der Waals surface area contributed by atoms with Gasteiger partial charge in [0, 0.05) is 29.1 Å². The molecule has 6 rings (SSSR count). The summed E-state index contributed by atoms with van der Waals surface area (Å²) in [6, 6.07) is 3.13. The van der Waals surface area contributed by atoms with Gasteiger partial charge in [0.1, 0.15) is 18.5 Å². The molecule has 6 N–H and O–H groups in total. The van der Waals surface area contributed by atoms with E-state index in [4.69, 9.17) is 20.6 Å². The molecule has 2 atom stereocenters. The van der Waals surface area contributed by atoms with Gasteiger partial charge in [-0.2, -0.15) is 0 Å². The lowest BCUT2D eigenvalue weighted by Crippen LogP contribution is -2.34. The van der Waals surface area contributed by atoms with Crippen LogP contribution in [0.15, 0.2) is 16.9 Å². The van der Waals surface area contributed by atoms with E-state index in [0.29, 0.717) is 34.6 Å². The monoisotopic (exact) mass is 526 g/mol. The predicted molar refractivity (Wildman–Crippen MR) is 138 cm³/mol. The van der Waals surface area contributed by atoms with Gasteiger partial charge in [0.2, 0.25) is 5.91 Å². The number of hydrogen-bond donors (Lipinski definition) is 4. The van der Waals surface area contributed by atoms with E-state index in [9.17, 15) is 23.9 Å². The van der Waals surface area contributed by atoms with Crippen LogP contribution in [0.5, 0.6) is 0 Å². The molecule has 4 heterocycles. The van der Waals surface area contributed by atoms with E-state index in [1.807, 2.05) is 13.8 Å². The van der Waals surface area contributed by atoms with E-state index in [-0.39, 0.29) is 30.1 Å². The molecule has 10 nitrogen and oxygen atoms in total. The molecular formula is C27H31FN4O6. The number of amides is 1. The van der Waals surface area contributed by atoms with Gasteiger partial charge in [-0.1, -0.05) is 13.8 Å². The summed E-state index contributed by atoms with van der Waals surface area (Å²) in [6.07, 6.45) is -0.0649. The van der Waals surface area contributed by atoms with Crippen molar-refractivity contribution < 1.29 is 28.9 Å². The van der Waals surface area contributed by atoms with Crippen LogP contribution >= 0.6 is 0 Å². The first-order chi connectivity index (χ1) is 18.1. The first-order valence-corrected chi connectivity index (χ1v) is 12.6. The highest BCUT2D eigenvalue weighted by Gasteiger charge is 2.35. The van der Waals surface area contributed by atoms with Crippen LogP contribution in [0.2, 0.25) is 0 Å². The Labute approximate surface area is 218 Å². The number of cyclic esters (lactones) is 1. The highest BCUT2D eigenvalue weighted by atomic mass is 19.1. The number of aliphatic hydroxyl groups is 2. The number of pyridine rings is 2. The molecule has 0 bridgehead atoms. The molecule has 0 spiro atoms. The number of rotatable bonds is 2. The zero-order valence-electron chi connectivity index (χ0n) is 21.5. The Morgan fingerprint density at radius 3 is 2.53 bits per heavy atom. The Bertz CT molecular complexity index is 1520. The number of benzene rings is 1. The van der Waals surface area contributed by atoms with Crippen molar-refractivity contribution in [3.63, 3.8) is 0 Å². The van der Waals surface area contributed by atoms with Crippen molar-refractivity contribution >= 4 is 22.8 Å². The topological polar surface area (TPSA) is 171 Å². The molecule has 0 fully saturated rings. The lowest BCUT2D eigenvalue weighted by Gasteiger charge is -2.22. The van der Waals surface area contributed by atoms with Crippen molar-refractivity contribution in [2.75, 3.05) is 6.54 Å². The number of hydrogen-bond acceptors (Lipinski definition) is 8. The maximum Gasteiger partial charge on any atom is 0.340 e. The number of nitrogens with two attached hydrogens (primary N) is 2.